The first-order valence-electron chi connectivity index (χ1n) is 7.51. The van der Waals surface area contributed by atoms with E-state index in [-0.39, 0.29) is 17.2 Å². The van der Waals surface area contributed by atoms with Crippen LogP contribution in [0.1, 0.15) is 17.3 Å². The van der Waals surface area contributed by atoms with E-state index in [0.717, 1.165) is 0 Å². The van der Waals surface area contributed by atoms with Crippen LogP contribution >= 0.6 is 0 Å². The van der Waals surface area contributed by atoms with E-state index in [0.29, 0.717) is 17.1 Å². The van der Waals surface area contributed by atoms with Crippen molar-refractivity contribution in [3.63, 3.8) is 0 Å². The first kappa shape index (κ1) is 18.6. The number of methoxy groups -OCH3 is 1. The second kappa shape index (κ2) is 8.38. The molecular weight excluding hydrogens is 340 g/mol. The molecule has 0 aliphatic rings. The number of carbonyl (C=O) groups excluding carboxylic acids is 3. The highest BCUT2D eigenvalue weighted by molar-refractivity contribution is 5.99. The number of ether oxygens (including phenoxy) is 1. The smallest absolute Gasteiger partial charge is 0.411 e. The fourth-order valence-electron chi connectivity index (χ4n) is 2.00. The van der Waals surface area contributed by atoms with Gasteiger partial charge in [0.15, 0.2) is 0 Å². The van der Waals surface area contributed by atoms with Crippen molar-refractivity contribution in [2.75, 3.05) is 23.2 Å². The van der Waals surface area contributed by atoms with Crippen molar-refractivity contribution in [1.82, 2.24) is 5.43 Å². The predicted octanol–water partition coefficient (Wildman–Crippen LogP) is 2.29. The maximum absolute atomic E-state index is 12.2. The van der Waals surface area contributed by atoms with E-state index in [4.69, 9.17) is 0 Å². The summed E-state index contributed by atoms with van der Waals surface area (Å²) in [5.41, 5.74) is 6.57. The van der Waals surface area contributed by atoms with Crippen LogP contribution < -0.4 is 21.5 Å². The average Bonchev–Trinajstić information content (AvgIpc) is 2.62. The number of nitrogens with one attached hydrogen (secondary N) is 4. The van der Waals surface area contributed by atoms with Crippen molar-refractivity contribution >= 4 is 35.0 Å². The predicted molar refractivity (Wildman–Crippen MR) is 96.0 cm³/mol. The summed E-state index contributed by atoms with van der Waals surface area (Å²) in [4.78, 5) is 34.4. The van der Waals surface area contributed by atoms with Crippen LogP contribution in [0.4, 0.5) is 21.9 Å². The molecule has 0 bridgehead atoms. The Kier molecular flexibility index (Phi) is 5.99. The van der Waals surface area contributed by atoms with Crippen LogP contribution in [-0.2, 0) is 9.53 Å². The van der Waals surface area contributed by atoms with Crippen LogP contribution in [0.25, 0.3) is 0 Å². The zero-order chi connectivity index (χ0) is 19.1. The molecule has 9 heteroatoms. The average molecular weight is 358 g/mol. The summed E-state index contributed by atoms with van der Waals surface area (Å²) in [6.07, 6.45) is -0.589. The lowest BCUT2D eigenvalue weighted by Crippen LogP contribution is -2.29. The van der Waals surface area contributed by atoms with Crippen molar-refractivity contribution in [3.05, 3.63) is 48.0 Å². The van der Waals surface area contributed by atoms with E-state index in [2.05, 4.69) is 26.2 Å². The van der Waals surface area contributed by atoms with Gasteiger partial charge in [0.2, 0.25) is 5.91 Å². The Morgan fingerprint density at radius 2 is 1.54 bits per heavy atom. The van der Waals surface area contributed by atoms with Crippen LogP contribution in [0.2, 0.25) is 0 Å². The van der Waals surface area contributed by atoms with Gasteiger partial charge in [0.25, 0.3) is 5.91 Å². The Bertz CT molecular complexity index is 820. The van der Waals surface area contributed by atoms with Gasteiger partial charge >= 0.3 is 6.09 Å². The van der Waals surface area contributed by atoms with Gasteiger partial charge in [-0.15, -0.1) is 0 Å². The summed E-state index contributed by atoms with van der Waals surface area (Å²) in [5, 5.41) is 14.9. The van der Waals surface area contributed by atoms with Gasteiger partial charge in [-0.1, -0.05) is 0 Å². The van der Waals surface area contributed by atoms with E-state index in [1.165, 1.54) is 32.2 Å². The van der Waals surface area contributed by atoms with Gasteiger partial charge < -0.3 is 15.2 Å². The number of amides is 3. The van der Waals surface area contributed by atoms with Crippen molar-refractivity contribution < 1.29 is 24.2 Å². The first-order chi connectivity index (χ1) is 12.4. The van der Waals surface area contributed by atoms with Gasteiger partial charge in [0, 0.05) is 18.3 Å². The maximum Gasteiger partial charge on any atom is 0.411 e. The van der Waals surface area contributed by atoms with Gasteiger partial charge in [-0.25, -0.2) is 4.79 Å². The molecule has 0 saturated heterocycles. The second-order valence-corrected chi connectivity index (χ2v) is 5.19. The first-order valence-corrected chi connectivity index (χ1v) is 7.51. The molecule has 0 aromatic heterocycles. The maximum atomic E-state index is 12.2. The molecule has 2 aromatic rings. The molecule has 26 heavy (non-hydrogen) atoms. The fourth-order valence-corrected chi connectivity index (χ4v) is 2.00. The molecule has 0 spiro atoms. The number of phenols is 1. The summed E-state index contributed by atoms with van der Waals surface area (Å²) in [7, 11) is 1.26. The van der Waals surface area contributed by atoms with Crippen molar-refractivity contribution in [2.45, 2.75) is 6.92 Å². The number of hydrogen-bond donors (Lipinski definition) is 5. The zero-order valence-electron chi connectivity index (χ0n) is 14.1. The minimum Gasteiger partial charge on any atom is -0.507 e. The Morgan fingerprint density at radius 3 is 2.15 bits per heavy atom. The third-order valence-corrected chi connectivity index (χ3v) is 3.20. The van der Waals surface area contributed by atoms with E-state index in [1.54, 1.807) is 24.3 Å². The summed E-state index contributed by atoms with van der Waals surface area (Å²) < 4.78 is 4.48. The highest BCUT2D eigenvalue weighted by Gasteiger charge is 2.12. The number of hydrazine groups is 1. The van der Waals surface area contributed by atoms with Crippen LogP contribution in [0, 0.1) is 0 Å². The molecule has 2 aromatic carbocycles. The lowest BCUT2D eigenvalue weighted by atomic mass is 10.1. The fraction of sp³-hybridized carbons (Fsp3) is 0.118. The normalized spacial score (nSPS) is 9.77. The van der Waals surface area contributed by atoms with Gasteiger partial charge in [-0.3, -0.25) is 25.8 Å². The Labute approximate surface area is 149 Å². The van der Waals surface area contributed by atoms with E-state index in [1.807, 2.05) is 0 Å². The molecule has 0 atom stereocenters. The summed E-state index contributed by atoms with van der Waals surface area (Å²) >= 11 is 0. The minimum atomic E-state index is -0.591. The Morgan fingerprint density at radius 1 is 0.923 bits per heavy atom. The molecule has 0 heterocycles. The van der Waals surface area contributed by atoms with Crippen LogP contribution in [-0.4, -0.2) is 30.1 Å². The Hall–Kier alpha value is -3.75. The number of benzene rings is 2. The SMILES string of the molecule is COC(=O)Nc1ccc(NNC(=O)c2cc(NC(C)=O)ccc2O)cc1. The molecule has 0 aliphatic carbocycles. The lowest BCUT2D eigenvalue weighted by Gasteiger charge is -2.11. The molecule has 136 valence electrons. The number of phenolic OH excluding ortho intramolecular Hbond substituents is 1. The molecule has 0 unspecified atom stereocenters. The minimum absolute atomic E-state index is 0.00673. The third kappa shape index (κ3) is 5.13. The number of anilines is 3. The highest BCUT2D eigenvalue weighted by atomic mass is 16.5. The summed E-state index contributed by atoms with van der Waals surface area (Å²) in [5.74, 6) is -1.11. The third-order valence-electron chi connectivity index (χ3n) is 3.20. The number of carbonyl (C=O) groups is 3. The molecule has 0 aliphatic heterocycles. The van der Waals surface area contributed by atoms with Gasteiger partial charge in [0.05, 0.1) is 18.4 Å². The van der Waals surface area contributed by atoms with E-state index < -0.39 is 12.0 Å². The van der Waals surface area contributed by atoms with E-state index >= 15 is 0 Å². The van der Waals surface area contributed by atoms with E-state index in [9.17, 15) is 19.5 Å². The molecule has 2 rings (SSSR count). The van der Waals surface area contributed by atoms with Gasteiger partial charge in [-0.05, 0) is 42.5 Å². The summed E-state index contributed by atoms with van der Waals surface area (Å²) in [6, 6.07) is 10.6. The number of rotatable bonds is 5. The molecule has 0 radical (unpaired) electrons. The van der Waals surface area contributed by atoms with Gasteiger partial charge in [0.1, 0.15) is 5.75 Å². The molecule has 9 nitrogen and oxygen atoms in total. The molecular formula is C17H18N4O5. The topological polar surface area (TPSA) is 129 Å². The molecule has 0 saturated carbocycles. The largest absolute Gasteiger partial charge is 0.507 e. The van der Waals surface area contributed by atoms with Crippen molar-refractivity contribution in [1.29, 1.82) is 0 Å². The second-order valence-electron chi connectivity index (χ2n) is 5.19. The number of aromatic hydroxyl groups is 1. The zero-order valence-corrected chi connectivity index (χ0v) is 14.1. The highest BCUT2D eigenvalue weighted by Crippen LogP contribution is 2.21. The van der Waals surface area contributed by atoms with Crippen molar-refractivity contribution in [2.24, 2.45) is 0 Å². The molecule has 0 fully saturated rings. The standard InChI is InChI=1S/C17H18N4O5/c1-10(22)18-13-7-8-15(23)14(9-13)16(24)21-20-12-5-3-11(4-6-12)19-17(25)26-2/h3-9,20,23H,1-2H3,(H,18,22)(H,19,25)(H,21,24). The monoisotopic (exact) mass is 358 g/mol. The van der Waals surface area contributed by atoms with Crippen LogP contribution in [0.3, 0.4) is 0 Å². The summed E-state index contributed by atoms with van der Waals surface area (Å²) in [6.45, 7) is 1.34. The quantitative estimate of drug-likeness (QED) is 0.412. The Balaban J connectivity index is 2.00. The molecule has 3 amide bonds. The molecule has 5 N–H and O–H groups in total. The van der Waals surface area contributed by atoms with Gasteiger partial charge in [-0.2, -0.15) is 0 Å². The lowest BCUT2D eigenvalue weighted by molar-refractivity contribution is -0.114. The van der Waals surface area contributed by atoms with Crippen LogP contribution in [0.5, 0.6) is 5.75 Å². The number of hydrogen-bond acceptors (Lipinski definition) is 6. The van der Waals surface area contributed by atoms with Crippen LogP contribution in [0.15, 0.2) is 42.5 Å². The van der Waals surface area contributed by atoms with Crippen molar-refractivity contribution in [3.8, 4) is 5.75 Å².